The molecule has 0 unspecified atom stereocenters. The topological polar surface area (TPSA) is 79.3 Å². The number of nitrogens with zero attached hydrogens (tertiary/aromatic N) is 1. The van der Waals surface area contributed by atoms with Crippen molar-refractivity contribution < 1.29 is 19.1 Å². The summed E-state index contributed by atoms with van der Waals surface area (Å²) < 4.78 is 15.4. The monoisotopic (exact) mass is 522 g/mol. The van der Waals surface area contributed by atoms with Crippen LogP contribution in [0.5, 0.6) is 0 Å². The number of aliphatic carboxylic acids is 1. The summed E-state index contributed by atoms with van der Waals surface area (Å²) >= 11 is 6.20. The van der Waals surface area contributed by atoms with E-state index < -0.39 is 17.7 Å². The Morgan fingerprint density at radius 2 is 1.89 bits per heavy atom. The first-order valence-corrected chi connectivity index (χ1v) is 13.1. The number of aryl methyl sites for hydroxylation is 1. The number of halogens is 2. The molecule has 1 amide bonds. The number of nitrogens with one attached hydrogen (secondary N) is 1. The van der Waals surface area contributed by atoms with Gasteiger partial charge in [-0.25, -0.2) is 4.39 Å². The molecule has 194 valence electrons. The normalized spacial score (nSPS) is 15.4. The first kappa shape index (κ1) is 26.8. The largest absolute Gasteiger partial charge is 0.481 e. The summed E-state index contributed by atoms with van der Waals surface area (Å²) in [5, 5.41) is 12.8. The maximum Gasteiger partial charge on any atom is 0.303 e. The second-order valence-corrected chi connectivity index (χ2v) is 10.5. The van der Waals surface area contributed by atoms with Gasteiger partial charge in [-0.15, -0.1) is 0 Å². The molecular weight excluding hydrogens is 491 g/mol. The fourth-order valence-electron chi connectivity index (χ4n) is 5.45. The van der Waals surface area contributed by atoms with Crippen LogP contribution in [0.15, 0.2) is 48.7 Å². The molecule has 4 rings (SSSR count). The smallest absolute Gasteiger partial charge is 0.303 e. The van der Waals surface area contributed by atoms with E-state index in [0.29, 0.717) is 33.1 Å². The molecule has 1 aliphatic rings. The number of carbonyl (C=O) groups excluding carboxylic acids is 1. The summed E-state index contributed by atoms with van der Waals surface area (Å²) in [6.45, 7) is 5.55. The van der Waals surface area contributed by atoms with Gasteiger partial charge in [-0.05, 0) is 73.4 Å². The van der Waals surface area contributed by atoms with Gasteiger partial charge in [-0.1, -0.05) is 55.6 Å². The number of amides is 1. The Balaban J connectivity index is 1.64. The summed E-state index contributed by atoms with van der Waals surface area (Å²) in [7, 11) is 0. The van der Waals surface area contributed by atoms with Crippen molar-refractivity contribution in [3.8, 4) is 11.1 Å². The van der Waals surface area contributed by atoms with Gasteiger partial charge in [0.25, 0.3) is 0 Å². The highest BCUT2D eigenvalue weighted by Crippen LogP contribution is 2.40. The third-order valence-electron chi connectivity index (χ3n) is 7.49. The molecule has 1 fully saturated rings. The van der Waals surface area contributed by atoms with Crippen molar-refractivity contribution in [1.82, 2.24) is 4.98 Å². The zero-order chi connectivity index (χ0) is 26.7. The molecule has 1 saturated carbocycles. The lowest BCUT2D eigenvalue weighted by atomic mass is 9.83. The van der Waals surface area contributed by atoms with E-state index in [2.05, 4.69) is 10.3 Å². The van der Waals surface area contributed by atoms with E-state index in [9.17, 15) is 14.7 Å². The molecule has 3 aromatic rings. The number of rotatable bonds is 8. The van der Waals surface area contributed by atoms with Crippen molar-refractivity contribution in [1.29, 1.82) is 0 Å². The molecule has 0 saturated heterocycles. The number of pyridine rings is 1. The number of benzene rings is 2. The first-order chi connectivity index (χ1) is 17.7. The van der Waals surface area contributed by atoms with Gasteiger partial charge in [0.2, 0.25) is 5.91 Å². The van der Waals surface area contributed by atoms with Crippen molar-refractivity contribution in [2.45, 2.75) is 64.7 Å². The Kier molecular flexibility index (Phi) is 8.28. The maximum absolute atomic E-state index is 15.4. The van der Waals surface area contributed by atoms with Gasteiger partial charge in [0, 0.05) is 23.0 Å². The van der Waals surface area contributed by atoms with Crippen LogP contribution in [0.25, 0.3) is 11.1 Å². The van der Waals surface area contributed by atoms with Gasteiger partial charge in [0.05, 0.1) is 23.1 Å². The zero-order valence-corrected chi connectivity index (χ0v) is 22.1. The van der Waals surface area contributed by atoms with Gasteiger partial charge in [0.1, 0.15) is 5.82 Å². The van der Waals surface area contributed by atoms with E-state index in [4.69, 9.17) is 11.6 Å². The standard InChI is InChI=1S/C30H32ClFN2O3/c1-17(13-28(35)36)23-9-6-10-27(18(23)2)34-30(37)29(20-7-4-5-8-20)21-11-12-24(26(32)15-21)22-14-25(31)19(3)33-16-22/h6,9-12,14-17,20,29H,4-5,7-8,13H2,1-3H3,(H,34,37)(H,35,36)/t17-,29-/m1/s1. The number of carboxylic acid groups (broad SMARTS) is 1. The van der Waals surface area contributed by atoms with E-state index in [-0.39, 0.29) is 24.2 Å². The van der Waals surface area contributed by atoms with Gasteiger partial charge >= 0.3 is 5.97 Å². The number of carbonyl (C=O) groups is 2. The Labute approximate surface area is 222 Å². The second kappa shape index (κ2) is 11.4. The SMILES string of the molecule is Cc1ncc(-c2ccc([C@H](C(=O)Nc3cccc([C@H](C)CC(=O)O)c3C)C3CCCC3)cc2F)cc1Cl. The van der Waals surface area contributed by atoms with E-state index in [1.807, 2.05) is 38.1 Å². The molecule has 2 aromatic carbocycles. The molecule has 0 spiro atoms. The predicted octanol–water partition coefficient (Wildman–Crippen LogP) is 7.65. The number of anilines is 1. The third-order valence-corrected chi connectivity index (χ3v) is 7.87. The van der Waals surface area contributed by atoms with Crippen LogP contribution >= 0.6 is 11.6 Å². The van der Waals surface area contributed by atoms with Gasteiger partial charge in [-0.2, -0.15) is 0 Å². The van der Waals surface area contributed by atoms with E-state index in [0.717, 1.165) is 36.8 Å². The van der Waals surface area contributed by atoms with Crippen molar-refractivity contribution in [2.24, 2.45) is 5.92 Å². The highest BCUT2D eigenvalue weighted by molar-refractivity contribution is 6.31. The minimum Gasteiger partial charge on any atom is -0.481 e. The van der Waals surface area contributed by atoms with Crippen LogP contribution in [-0.2, 0) is 9.59 Å². The summed E-state index contributed by atoms with van der Waals surface area (Å²) in [5.74, 6) is -2.02. The van der Waals surface area contributed by atoms with E-state index in [1.165, 1.54) is 6.07 Å². The van der Waals surface area contributed by atoms with Gasteiger partial charge in [-0.3, -0.25) is 14.6 Å². The van der Waals surface area contributed by atoms with Crippen LogP contribution in [-0.4, -0.2) is 22.0 Å². The summed E-state index contributed by atoms with van der Waals surface area (Å²) in [4.78, 5) is 29.2. The number of hydrogen-bond acceptors (Lipinski definition) is 3. The lowest BCUT2D eigenvalue weighted by Gasteiger charge is -2.25. The second-order valence-electron chi connectivity index (χ2n) is 10.1. The Morgan fingerprint density at radius 3 is 2.54 bits per heavy atom. The Bertz CT molecular complexity index is 1320. The molecule has 7 heteroatoms. The first-order valence-electron chi connectivity index (χ1n) is 12.7. The number of hydrogen-bond donors (Lipinski definition) is 2. The van der Waals surface area contributed by atoms with Crippen molar-refractivity contribution >= 4 is 29.2 Å². The van der Waals surface area contributed by atoms with Crippen LogP contribution in [0.3, 0.4) is 0 Å². The maximum atomic E-state index is 15.4. The Hall–Kier alpha value is -3.25. The fraction of sp³-hybridized carbons (Fsp3) is 0.367. The minimum absolute atomic E-state index is 0.0102. The van der Waals surface area contributed by atoms with Crippen molar-refractivity contribution in [2.75, 3.05) is 5.32 Å². The molecule has 2 atom stereocenters. The number of carboxylic acids is 1. The average molecular weight is 523 g/mol. The van der Waals surface area contributed by atoms with Gasteiger partial charge < -0.3 is 10.4 Å². The van der Waals surface area contributed by atoms with Crippen LogP contribution < -0.4 is 5.32 Å². The Morgan fingerprint density at radius 1 is 1.16 bits per heavy atom. The van der Waals surface area contributed by atoms with Crippen LogP contribution in [0.4, 0.5) is 10.1 Å². The van der Waals surface area contributed by atoms with Crippen LogP contribution in [0.1, 0.15) is 73.2 Å². The summed E-state index contributed by atoms with van der Waals surface area (Å²) in [5.41, 5.74) is 4.68. The predicted molar refractivity (Wildman–Crippen MR) is 145 cm³/mol. The molecule has 1 heterocycles. The quantitative estimate of drug-likeness (QED) is 0.318. The molecular formula is C30H32ClFN2O3. The van der Waals surface area contributed by atoms with E-state index >= 15 is 4.39 Å². The number of aromatic nitrogens is 1. The van der Waals surface area contributed by atoms with Crippen LogP contribution in [0, 0.1) is 25.6 Å². The van der Waals surface area contributed by atoms with Crippen LogP contribution in [0.2, 0.25) is 5.02 Å². The molecule has 0 radical (unpaired) electrons. The third kappa shape index (κ3) is 6.02. The van der Waals surface area contributed by atoms with E-state index in [1.54, 1.807) is 25.3 Å². The molecule has 5 nitrogen and oxygen atoms in total. The lowest BCUT2D eigenvalue weighted by molar-refractivity contribution is -0.137. The molecule has 0 aliphatic heterocycles. The highest BCUT2D eigenvalue weighted by Gasteiger charge is 2.33. The minimum atomic E-state index is -0.864. The zero-order valence-electron chi connectivity index (χ0n) is 21.4. The molecule has 0 bridgehead atoms. The summed E-state index contributed by atoms with van der Waals surface area (Å²) in [6.07, 6.45) is 5.52. The molecule has 1 aliphatic carbocycles. The molecule has 37 heavy (non-hydrogen) atoms. The van der Waals surface area contributed by atoms with Crippen molar-refractivity contribution in [3.05, 3.63) is 81.9 Å². The summed E-state index contributed by atoms with van der Waals surface area (Å²) in [6, 6.07) is 12.2. The highest BCUT2D eigenvalue weighted by atomic mass is 35.5. The average Bonchev–Trinajstić information content (AvgIpc) is 3.36. The molecule has 2 N–H and O–H groups in total. The van der Waals surface area contributed by atoms with Gasteiger partial charge in [0.15, 0.2) is 0 Å². The van der Waals surface area contributed by atoms with Crippen molar-refractivity contribution in [3.63, 3.8) is 0 Å². The fourth-order valence-corrected chi connectivity index (χ4v) is 5.61. The lowest BCUT2D eigenvalue weighted by Crippen LogP contribution is -2.27. The molecule has 1 aromatic heterocycles.